The molecule has 12 nitrogen and oxygen atoms in total. The standard InChI is InChI=1S/C25H29N9O3/c26-22(35)15-3-4-20-18(12-15)30-24(28)33(20)5-1-2-6-34-21-17(14-32-7-9-37-10-8-32)11-16(23(27)36)13-19(21)31-25(34)29/h1-4,11-13H,5-10,14H2,(H2,26,35)(H2,27,36)(H2,28,30)(H2,29,31)/b2-1+. The van der Waals surface area contributed by atoms with Crippen LogP contribution in [0.2, 0.25) is 0 Å². The zero-order valence-corrected chi connectivity index (χ0v) is 20.3. The third-order valence-corrected chi connectivity index (χ3v) is 6.54. The highest BCUT2D eigenvalue weighted by molar-refractivity contribution is 5.98. The number of benzene rings is 2. The number of amides is 2. The number of hydrogen-bond acceptors (Lipinski definition) is 8. The van der Waals surface area contributed by atoms with Crippen molar-refractivity contribution in [2.24, 2.45) is 11.5 Å². The minimum Gasteiger partial charge on any atom is -0.379 e. The van der Waals surface area contributed by atoms with E-state index >= 15 is 0 Å². The molecule has 12 heteroatoms. The van der Waals surface area contributed by atoms with Crippen LogP contribution < -0.4 is 22.9 Å². The van der Waals surface area contributed by atoms with Gasteiger partial charge in [-0.05, 0) is 35.9 Å². The van der Waals surface area contributed by atoms with Crippen LogP contribution in [-0.2, 0) is 24.4 Å². The SMILES string of the molecule is NC(=O)c1ccc2c(c1)nc(N)n2C/C=C/Cn1c(N)nc2cc(C(N)=O)cc(CN3CCOCC3)c21. The van der Waals surface area contributed by atoms with Crippen molar-refractivity contribution in [2.45, 2.75) is 19.6 Å². The highest BCUT2D eigenvalue weighted by Gasteiger charge is 2.19. The van der Waals surface area contributed by atoms with E-state index in [1.807, 2.05) is 27.4 Å². The predicted molar refractivity (Wildman–Crippen MR) is 141 cm³/mol. The Kier molecular flexibility index (Phi) is 6.51. The van der Waals surface area contributed by atoms with Crippen molar-refractivity contribution in [3.63, 3.8) is 0 Å². The smallest absolute Gasteiger partial charge is 0.248 e. The molecular formula is C25H29N9O3. The van der Waals surface area contributed by atoms with Gasteiger partial charge in [0.15, 0.2) is 0 Å². The van der Waals surface area contributed by atoms with Crippen molar-refractivity contribution in [3.05, 3.63) is 59.2 Å². The highest BCUT2D eigenvalue weighted by atomic mass is 16.5. The lowest BCUT2D eigenvalue weighted by atomic mass is 10.1. The fraction of sp³-hybridized carbons (Fsp3) is 0.280. The van der Waals surface area contributed by atoms with Gasteiger partial charge >= 0.3 is 0 Å². The summed E-state index contributed by atoms with van der Waals surface area (Å²) in [5.74, 6) is -0.348. The summed E-state index contributed by atoms with van der Waals surface area (Å²) in [6, 6.07) is 8.56. The third kappa shape index (κ3) is 4.84. The molecule has 0 bridgehead atoms. The summed E-state index contributed by atoms with van der Waals surface area (Å²) < 4.78 is 9.22. The molecule has 1 fully saturated rings. The van der Waals surface area contributed by atoms with Gasteiger partial charge in [-0.1, -0.05) is 12.2 Å². The number of carbonyl (C=O) groups is 2. The molecule has 5 rings (SSSR count). The Labute approximate surface area is 212 Å². The Morgan fingerprint density at radius 3 is 2.19 bits per heavy atom. The largest absolute Gasteiger partial charge is 0.379 e. The quantitative estimate of drug-likeness (QED) is 0.255. The summed E-state index contributed by atoms with van der Waals surface area (Å²) in [5.41, 5.74) is 28.0. The molecule has 2 aromatic carbocycles. The third-order valence-electron chi connectivity index (χ3n) is 6.54. The molecule has 1 aliphatic heterocycles. The maximum absolute atomic E-state index is 11.9. The number of ether oxygens (including phenoxy) is 1. The van der Waals surface area contributed by atoms with Gasteiger partial charge in [0.05, 0.1) is 35.3 Å². The number of imidazole rings is 2. The molecule has 0 saturated carbocycles. The Bertz CT molecular complexity index is 1530. The van der Waals surface area contributed by atoms with Crippen LogP contribution in [0.3, 0.4) is 0 Å². The van der Waals surface area contributed by atoms with Crippen molar-refractivity contribution in [1.29, 1.82) is 0 Å². The van der Waals surface area contributed by atoms with Crippen LogP contribution >= 0.6 is 0 Å². The normalized spacial score (nSPS) is 14.7. The monoisotopic (exact) mass is 503 g/mol. The molecule has 1 saturated heterocycles. The van der Waals surface area contributed by atoms with Gasteiger partial charge in [0.1, 0.15) is 0 Å². The van der Waals surface area contributed by atoms with Crippen LogP contribution in [0.5, 0.6) is 0 Å². The van der Waals surface area contributed by atoms with Crippen LogP contribution in [-0.4, -0.2) is 62.1 Å². The lowest BCUT2D eigenvalue weighted by Gasteiger charge is -2.27. The lowest BCUT2D eigenvalue weighted by molar-refractivity contribution is 0.0343. The molecule has 192 valence electrons. The second-order valence-corrected chi connectivity index (χ2v) is 8.96. The summed E-state index contributed by atoms with van der Waals surface area (Å²) in [5, 5.41) is 0. The van der Waals surface area contributed by atoms with Crippen molar-refractivity contribution in [3.8, 4) is 0 Å². The number of nitrogens with two attached hydrogens (primary N) is 4. The first-order chi connectivity index (χ1) is 17.8. The number of nitrogens with zero attached hydrogens (tertiary/aromatic N) is 5. The summed E-state index contributed by atoms with van der Waals surface area (Å²) in [6.45, 7) is 4.49. The molecule has 0 aliphatic carbocycles. The molecule has 0 radical (unpaired) electrons. The molecular weight excluding hydrogens is 474 g/mol. The molecule has 0 spiro atoms. The molecule has 4 aromatic rings. The van der Waals surface area contributed by atoms with E-state index < -0.39 is 11.8 Å². The summed E-state index contributed by atoms with van der Waals surface area (Å²) in [4.78, 5) is 34.5. The van der Waals surface area contributed by atoms with E-state index in [1.54, 1.807) is 24.3 Å². The first-order valence-electron chi connectivity index (χ1n) is 11.9. The molecule has 0 atom stereocenters. The second-order valence-electron chi connectivity index (χ2n) is 8.96. The van der Waals surface area contributed by atoms with Gasteiger partial charge in [-0.15, -0.1) is 0 Å². The number of hydrogen-bond donors (Lipinski definition) is 4. The van der Waals surface area contributed by atoms with Crippen molar-refractivity contribution >= 4 is 45.8 Å². The number of allylic oxidation sites excluding steroid dienone is 2. The van der Waals surface area contributed by atoms with Gasteiger partial charge in [0.2, 0.25) is 23.7 Å². The maximum atomic E-state index is 11.9. The van der Waals surface area contributed by atoms with E-state index in [1.165, 1.54) is 0 Å². The van der Waals surface area contributed by atoms with Crippen molar-refractivity contribution < 1.29 is 14.3 Å². The summed E-state index contributed by atoms with van der Waals surface area (Å²) in [7, 11) is 0. The molecule has 2 amide bonds. The molecule has 37 heavy (non-hydrogen) atoms. The molecule has 1 aliphatic rings. The molecule has 0 unspecified atom stereocenters. The average Bonchev–Trinajstić information content (AvgIpc) is 3.36. The minimum atomic E-state index is -0.518. The topological polar surface area (TPSA) is 186 Å². The lowest BCUT2D eigenvalue weighted by Crippen LogP contribution is -2.35. The van der Waals surface area contributed by atoms with E-state index in [0.29, 0.717) is 66.9 Å². The van der Waals surface area contributed by atoms with Crippen LogP contribution in [0, 0.1) is 0 Å². The van der Waals surface area contributed by atoms with Crippen molar-refractivity contribution in [2.75, 3.05) is 37.8 Å². The van der Waals surface area contributed by atoms with E-state index in [2.05, 4.69) is 14.9 Å². The van der Waals surface area contributed by atoms with Gasteiger partial charge in [0.25, 0.3) is 0 Å². The van der Waals surface area contributed by atoms with Gasteiger partial charge < -0.3 is 36.8 Å². The van der Waals surface area contributed by atoms with Crippen LogP contribution in [0.4, 0.5) is 11.9 Å². The van der Waals surface area contributed by atoms with Crippen molar-refractivity contribution in [1.82, 2.24) is 24.0 Å². The Balaban J connectivity index is 1.41. The van der Waals surface area contributed by atoms with Crippen LogP contribution in [0.1, 0.15) is 26.3 Å². The molecule has 2 aromatic heterocycles. The molecule has 3 heterocycles. The second kappa shape index (κ2) is 9.91. The van der Waals surface area contributed by atoms with E-state index in [4.69, 9.17) is 27.7 Å². The zero-order chi connectivity index (χ0) is 26.1. The van der Waals surface area contributed by atoms with Crippen LogP contribution in [0.25, 0.3) is 22.1 Å². The number of morpholine rings is 1. The van der Waals surface area contributed by atoms with E-state index in [0.717, 1.165) is 29.7 Å². The first kappa shape index (κ1) is 24.3. The Morgan fingerprint density at radius 1 is 0.865 bits per heavy atom. The van der Waals surface area contributed by atoms with Gasteiger partial charge in [0, 0.05) is 43.9 Å². The van der Waals surface area contributed by atoms with E-state index in [9.17, 15) is 9.59 Å². The average molecular weight is 504 g/mol. The van der Waals surface area contributed by atoms with Crippen LogP contribution in [0.15, 0.2) is 42.5 Å². The summed E-state index contributed by atoms with van der Waals surface area (Å²) in [6.07, 6.45) is 3.94. The molecule has 8 N–H and O–H groups in total. The number of anilines is 2. The minimum absolute atomic E-state index is 0.334. The van der Waals surface area contributed by atoms with Gasteiger partial charge in [-0.25, -0.2) is 9.97 Å². The Hall–Kier alpha value is -4.42. The van der Waals surface area contributed by atoms with Gasteiger partial charge in [-0.3, -0.25) is 14.5 Å². The first-order valence-corrected chi connectivity index (χ1v) is 11.9. The summed E-state index contributed by atoms with van der Waals surface area (Å²) >= 11 is 0. The zero-order valence-electron chi connectivity index (χ0n) is 20.3. The number of carbonyl (C=O) groups excluding carboxylic acids is 2. The van der Waals surface area contributed by atoms with E-state index in [-0.39, 0.29) is 0 Å². The number of aromatic nitrogens is 4. The fourth-order valence-electron chi connectivity index (χ4n) is 4.67. The predicted octanol–water partition coefficient (Wildman–Crippen LogP) is 0.837. The number of nitrogen functional groups attached to an aromatic ring is 2. The fourth-order valence-corrected chi connectivity index (χ4v) is 4.67. The highest BCUT2D eigenvalue weighted by Crippen LogP contribution is 2.26. The van der Waals surface area contributed by atoms with Gasteiger partial charge in [-0.2, -0.15) is 0 Å². The Morgan fingerprint density at radius 2 is 1.49 bits per heavy atom. The maximum Gasteiger partial charge on any atom is 0.248 e. The number of fused-ring (bicyclic) bond motifs is 2. The number of rotatable bonds is 8. The number of primary amides is 2.